The number of aliphatic hydroxyl groups is 1. The van der Waals surface area contributed by atoms with Gasteiger partial charge in [-0.05, 0) is 60.1 Å². The molecule has 2 atom stereocenters. The van der Waals surface area contributed by atoms with Gasteiger partial charge in [-0.1, -0.05) is 24.3 Å². The Labute approximate surface area is 144 Å². The third-order valence-corrected chi connectivity index (χ3v) is 5.50. The van der Waals surface area contributed by atoms with Crippen LogP contribution in [0.15, 0.2) is 42.5 Å². The van der Waals surface area contributed by atoms with Crippen molar-refractivity contribution in [3.8, 4) is 0 Å². The van der Waals surface area contributed by atoms with E-state index in [0.29, 0.717) is 6.42 Å². The lowest BCUT2D eigenvalue weighted by Gasteiger charge is -2.46. The van der Waals surface area contributed by atoms with Crippen LogP contribution in [-0.4, -0.2) is 18.3 Å². The van der Waals surface area contributed by atoms with E-state index in [2.05, 4.69) is 17.0 Å². The molecule has 0 aliphatic carbocycles. The van der Waals surface area contributed by atoms with Crippen molar-refractivity contribution in [2.45, 2.75) is 37.4 Å². The summed E-state index contributed by atoms with van der Waals surface area (Å²) in [5.41, 5.74) is 3.59. The number of alkyl halides is 3. The molecule has 2 aliphatic rings. The number of hydrogen-bond acceptors (Lipinski definition) is 2. The van der Waals surface area contributed by atoms with Crippen molar-refractivity contribution in [2.24, 2.45) is 0 Å². The number of benzene rings is 2. The van der Waals surface area contributed by atoms with Crippen LogP contribution in [0.25, 0.3) is 0 Å². The third kappa shape index (κ3) is 2.80. The normalized spacial score (nSPS) is 22.2. The largest absolute Gasteiger partial charge is 0.416 e. The highest BCUT2D eigenvalue weighted by Crippen LogP contribution is 2.49. The SMILES string of the molecule is OCC[C@@H]1C[C@@H]2c3ccccc3CCN2c2ccc(C(F)(F)F)cc21. The molecule has 0 amide bonds. The van der Waals surface area contributed by atoms with E-state index in [0.717, 1.165) is 30.6 Å². The highest BCUT2D eigenvalue weighted by atomic mass is 19.4. The molecular weight excluding hydrogens is 327 g/mol. The maximum atomic E-state index is 13.1. The number of nitrogens with zero attached hydrogens (tertiary/aromatic N) is 1. The van der Waals surface area contributed by atoms with E-state index < -0.39 is 11.7 Å². The highest BCUT2D eigenvalue weighted by Gasteiger charge is 2.38. The molecule has 2 nitrogen and oxygen atoms in total. The van der Waals surface area contributed by atoms with Gasteiger partial charge in [0.15, 0.2) is 0 Å². The number of fused-ring (bicyclic) bond motifs is 5. The molecule has 0 saturated carbocycles. The number of hydrogen-bond donors (Lipinski definition) is 1. The molecule has 0 fully saturated rings. The fraction of sp³-hybridized carbons (Fsp3) is 0.400. The fourth-order valence-electron chi connectivity index (χ4n) is 4.34. The Bertz CT molecular complexity index is 787. The topological polar surface area (TPSA) is 23.5 Å². The van der Waals surface area contributed by atoms with Gasteiger partial charge >= 0.3 is 6.18 Å². The zero-order valence-electron chi connectivity index (χ0n) is 13.8. The molecule has 2 aliphatic heterocycles. The van der Waals surface area contributed by atoms with Gasteiger partial charge in [0.25, 0.3) is 0 Å². The number of halogens is 3. The molecular formula is C20H20F3NO. The van der Waals surface area contributed by atoms with Crippen LogP contribution in [0.3, 0.4) is 0 Å². The van der Waals surface area contributed by atoms with E-state index in [4.69, 9.17) is 0 Å². The molecule has 4 rings (SSSR count). The maximum absolute atomic E-state index is 13.1. The van der Waals surface area contributed by atoms with Crippen LogP contribution < -0.4 is 4.90 Å². The average molecular weight is 347 g/mol. The van der Waals surface area contributed by atoms with Gasteiger partial charge < -0.3 is 10.0 Å². The Hall–Kier alpha value is -2.01. The molecule has 0 spiro atoms. The Morgan fingerprint density at radius 1 is 1.08 bits per heavy atom. The molecule has 132 valence electrons. The van der Waals surface area contributed by atoms with Crippen LogP contribution >= 0.6 is 0 Å². The monoisotopic (exact) mass is 347 g/mol. The van der Waals surface area contributed by atoms with Crippen LogP contribution in [0, 0.1) is 0 Å². The van der Waals surface area contributed by atoms with Gasteiger partial charge in [-0.2, -0.15) is 13.2 Å². The van der Waals surface area contributed by atoms with Crippen molar-refractivity contribution >= 4 is 5.69 Å². The first-order valence-electron chi connectivity index (χ1n) is 8.65. The molecule has 0 unspecified atom stereocenters. The molecule has 25 heavy (non-hydrogen) atoms. The van der Waals surface area contributed by atoms with E-state index in [9.17, 15) is 18.3 Å². The Morgan fingerprint density at radius 2 is 1.88 bits per heavy atom. The minimum Gasteiger partial charge on any atom is -0.396 e. The van der Waals surface area contributed by atoms with Crippen molar-refractivity contribution < 1.29 is 18.3 Å². The summed E-state index contributed by atoms with van der Waals surface area (Å²) < 4.78 is 39.4. The summed E-state index contributed by atoms with van der Waals surface area (Å²) in [4.78, 5) is 2.24. The summed E-state index contributed by atoms with van der Waals surface area (Å²) in [5.74, 6) is -0.0605. The minimum absolute atomic E-state index is 0.0191. The van der Waals surface area contributed by atoms with E-state index in [1.54, 1.807) is 6.07 Å². The van der Waals surface area contributed by atoms with Gasteiger partial charge in [0, 0.05) is 18.8 Å². The van der Waals surface area contributed by atoms with Crippen LogP contribution in [0.2, 0.25) is 0 Å². The van der Waals surface area contributed by atoms with E-state index in [1.807, 2.05) is 12.1 Å². The van der Waals surface area contributed by atoms with Crippen LogP contribution in [0.1, 0.15) is 47.1 Å². The highest BCUT2D eigenvalue weighted by molar-refractivity contribution is 5.62. The quantitative estimate of drug-likeness (QED) is 0.853. The average Bonchev–Trinajstić information content (AvgIpc) is 2.60. The second-order valence-corrected chi connectivity index (χ2v) is 6.87. The summed E-state index contributed by atoms with van der Waals surface area (Å²) >= 11 is 0. The first-order chi connectivity index (χ1) is 12.0. The summed E-state index contributed by atoms with van der Waals surface area (Å²) in [6.07, 6.45) is -2.21. The Morgan fingerprint density at radius 3 is 2.64 bits per heavy atom. The number of aliphatic hydroxyl groups excluding tert-OH is 1. The predicted octanol–water partition coefficient (Wildman–Crippen LogP) is 4.68. The van der Waals surface area contributed by atoms with Crippen LogP contribution in [-0.2, 0) is 12.6 Å². The van der Waals surface area contributed by atoms with E-state index in [-0.39, 0.29) is 18.6 Å². The minimum atomic E-state index is -4.34. The van der Waals surface area contributed by atoms with Crippen molar-refractivity contribution in [2.75, 3.05) is 18.1 Å². The first-order valence-corrected chi connectivity index (χ1v) is 8.65. The molecule has 0 bridgehead atoms. The molecule has 2 aromatic rings. The van der Waals surface area contributed by atoms with Crippen LogP contribution in [0.5, 0.6) is 0 Å². The molecule has 0 aromatic heterocycles. The second kappa shape index (κ2) is 6.06. The van der Waals surface area contributed by atoms with Crippen molar-refractivity contribution in [1.82, 2.24) is 0 Å². The molecule has 2 aromatic carbocycles. The maximum Gasteiger partial charge on any atom is 0.416 e. The van der Waals surface area contributed by atoms with Gasteiger partial charge in [0.05, 0.1) is 11.6 Å². The number of anilines is 1. The second-order valence-electron chi connectivity index (χ2n) is 6.87. The lowest BCUT2D eigenvalue weighted by atomic mass is 9.78. The van der Waals surface area contributed by atoms with E-state index in [1.165, 1.54) is 23.3 Å². The van der Waals surface area contributed by atoms with Gasteiger partial charge in [0.2, 0.25) is 0 Å². The first kappa shape index (κ1) is 16.5. The molecule has 0 saturated heterocycles. The summed E-state index contributed by atoms with van der Waals surface area (Å²) in [7, 11) is 0. The molecule has 2 heterocycles. The summed E-state index contributed by atoms with van der Waals surface area (Å²) in [6.45, 7) is 0.792. The van der Waals surface area contributed by atoms with Gasteiger partial charge in [-0.15, -0.1) is 0 Å². The zero-order chi connectivity index (χ0) is 17.6. The van der Waals surface area contributed by atoms with Gasteiger partial charge in [-0.25, -0.2) is 0 Å². The standard InChI is InChI=1S/C20H20F3NO/c21-20(22,23)15-5-6-18-17(12-15)14(8-10-25)11-19-16-4-2-1-3-13(16)7-9-24(18)19/h1-6,12,14,19,25H,7-11H2/t14-,19-/m1/s1. The Balaban J connectivity index is 1.81. The summed E-state index contributed by atoms with van der Waals surface area (Å²) in [6, 6.07) is 12.6. The van der Waals surface area contributed by atoms with E-state index >= 15 is 0 Å². The van der Waals surface area contributed by atoms with Gasteiger partial charge in [-0.3, -0.25) is 0 Å². The molecule has 5 heteroatoms. The summed E-state index contributed by atoms with van der Waals surface area (Å²) in [5, 5.41) is 9.43. The number of rotatable bonds is 2. The molecule has 0 radical (unpaired) electrons. The lowest BCUT2D eigenvalue weighted by Crippen LogP contribution is -2.40. The van der Waals surface area contributed by atoms with Crippen molar-refractivity contribution in [3.05, 3.63) is 64.7 Å². The lowest BCUT2D eigenvalue weighted by molar-refractivity contribution is -0.137. The predicted molar refractivity (Wildman–Crippen MR) is 90.7 cm³/mol. The smallest absolute Gasteiger partial charge is 0.396 e. The zero-order valence-corrected chi connectivity index (χ0v) is 13.8. The third-order valence-electron chi connectivity index (χ3n) is 5.50. The fourth-order valence-corrected chi connectivity index (χ4v) is 4.34. The van der Waals surface area contributed by atoms with Gasteiger partial charge in [0.1, 0.15) is 0 Å². The van der Waals surface area contributed by atoms with Crippen LogP contribution in [0.4, 0.5) is 18.9 Å². The molecule has 1 N–H and O–H groups in total. The Kier molecular flexibility index (Phi) is 3.99. The van der Waals surface area contributed by atoms with Crippen molar-refractivity contribution in [1.29, 1.82) is 0 Å². The van der Waals surface area contributed by atoms with Crippen molar-refractivity contribution in [3.63, 3.8) is 0 Å².